The summed E-state index contributed by atoms with van der Waals surface area (Å²) in [6, 6.07) is 30.7. The second-order valence-electron chi connectivity index (χ2n) is 8.16. The Kier molecular flexibility index (Phi) is 7.45. The van der Waals surface area contributed by atoms with Crippen LogP contribution in [0.3, 0.4) is 0 Å². The number of pyridine rings is 2. The van der Waals surface area contributed by atoms with Crippen LogP contribution in [0.2, 0.25) is 0 Å². The van der Waals surface area contributed by atoms with Crippen LogP contribution in [-0.4, -0.2) is 4.98 Å². The zero-order valence-corrected chi connectivity index (χ0v) is 20.6. The molecule has 0 aliphatic carbocycles. The topological polar surface area (TPSA) is 68.8 Å². The number of hydrogen-bond acceptors (Lipinski definition) is 3. The van der Waals surface area contributed by atoms with Crippen LogP contribution in [0, 0.1) is 6.92 Å². The molecular formula is C28H26Cl2N4. The van der Waals surface area contributed by atoms with E-state index in [-0.39, 0.29) is 24.8 Å². The van der Waals surface area contributed by atoms with Crippen molar-refractivity contribution in [3.05, 3.63) is 96.6 Å². The molecule has 6 heteroatoms. The van der Waals surface area contributed by atoms with E-state index in [4.69, 9.17) is 11.5 Å². The first-order valence-electron chi connectivity index (χ1n) is 10.6. The molecule has 0 saturated carbocycles. The van der Waals surface area contributed by atoms with Crippen LogP contribution in [0.5, 0.6) is 0 Å². The smallest absolute Gasteiger partial charge is 0.214 e. The molecule has 6 rings (SSSR count). The Morgan fingerprint density at radius 3 is 1.88 bits per heavy atom. The van der Waals surface area contributed by atoms with Gasteiger partial charge in [-0.25, -0.2) is 4.98 Å². The molecule has 0 aliphatic heterocycles. The quantitative estimate of drug-likeness (QED) is 0.196. The Labute approximate surface area is 211 Å². The summed E-state index contributed by atoms with van der Waals surface area (Å²) in [6.45, 7) is 2.12. The van der Waals surface area contributed by atoms with E-state index in [0.717, 1.165) is 33.4 Å². The van der Waals surface area contributed by atoms with E-state index in [2.05, 4.69) is 58.9 Å². The van der Waals surface area contributed by atoms with Gasteiger partial charge in [-0.05, 0) is 61.0 Å². The van der Waals surface area contributed by atoms with Gasteiger partial charge in [-0.15, -0.1) is 12.4 Å². The van der Waals surface area contributed by atoms with Gasteiger partial charge in [0.25, 0.3) is 0 Å². The fourth-order valence-electron chi connectivity index (χ4n) is 4.19. The summed E-state index contributed by atoms with van der Waals surface area (Å²) in [5.74, 6) is 0. The minimum atomic E-state index is 0. The third-order valence-corrected chi connectivity index (χ3v) is 5.92. The first-order chi connectivity index (χ1) is 15.5. The largest absolute Gasteiger partial charge is 1.00 e. The van der Waals surface area contributed by atoms with Crippen LogP contribution in [-0.2, 0) is 7.05 Å². The van der Waals surface area contributed by atoms with Crippen molar-refractivity contribution in [2.75, 3.05) is 11.5 Å². The Bertz CT molecular complexity index is 1570. The van der Waals surface area contributed by atoms with E-state index in [1.54, 1.807) is 0 Å². The molecule has 0 bridgehead atoms. The number of halogens is 2. The van der Waals surface area contributed by atoms with Crippen LogP contribution < -0.4 is 28.4 Å². The van der Waals surface area contributed by atoms with E-state index >= 15 is 0 Å². The van der Waals surface area contributed by atoms with Gasteiger partial charge >= 0.3 is 0 Å². The van der Waals surface area contributed by atoms with Crippen molar-refractivity contribution in [1.29, 1.82) is 0 Å². The van der Waals surface area contributed by atoms with Crippen LogP contribution in [0.25, 0.3) is 43.6 Å². The maximum absolute atomic E-state index is 5.83. The monoisotopic (exact) mass is 488 g/mol. The second kappa shape index (κ2) is 10.1. The normalized spacial score (nSPS) is 10.4. The number of aryl methyl sites for hydroxylation is 2. The summed E-state index contributed by atoms with van der Waals surface area (Å²) < 4.78 is 2.12. The van der Waals surface area contributed by atoms with Crippen molar-refractivity contribution in [2.45, 2.75) is 6.92 Å². The van der Waals surface area contributed by atoms with Crippen molar-refractivity contribution in [2.24, 2.45) is 7.05 Å². The number of aromatic nitrogens is 2. The highest BCUT2D eigenvalue weighted by atomic mass is 35.5. The molecule has 0 unspecified atom stereocenters. The molecule has 6 aromatic rings. The molecule has 0 atom stereocenters. The van der Waals surface area contributed by atoms with Crippen LogP contribution in [0.1, 0.15) is 5.56 Å². The summed E-state index contributed by atoms with van der Waals surface area (Å²) in [7, 11) is 2.03. The van der Waals surface area contributed by atoms with Gasteiger partial charge in [0.15, 0.2) is 0 Å². The number of nitrogens with zero attached hydrogens (tertiary/aromatic N) is 2. The highest BCUT2D eigenvalue weighted by Crippen LogP contribution is 2.22. The number of para-hydroxylation sites is 1. The predicted molar refractivity (Wildman–Crippen MR) is 143 cm³/mol. The SMILES string of the molecule is C[n+]1c2cc(N)ccc2cc2ccc(N)cc21.Cc1cccc2nc3ccccc3cc12.Cl.[Cl-]. The minimum absolute atomic E-state index is 0. The fourth-order valence-corrected chi connectivity index (χ4v) is 4.19. The van der Waals surface area contributed by atoms with Crippen LogP contribution in [0.4, 0.5) is 11.4 Å². The lowest BCUT2D eigenvalue weighted by molar-refractivity contribution is -0.617. The van der Waals surface area contributed by atoms with Crippen molar-refractivity contribution in [3.8, 4) is 0 Å². The Balaban J connectivity index is 0.000000181. The Morgan fingerprint density at radius 2 is 1.24 bits per heavy atom. The fraction of sp³-hybridized carbons (Fsp3) is 0.0714. The molecule has 2 heterocycles. The number of nitrogen functional groups attached to an aromatic ring is 2. The number of rotatable bonds is 0. The maximum atomic E-state index is 5.83. The first-order valence-corrected chi connectivity index (χ1v) is 10.6. The molecule has 0 amide bonds. The number of fused-ring (bicyclic) bond motifs is 4. The number of hydrogen-bond donors (Lipinski definition) is 2. The van der Waals surface area contributed by atoms with Gasteiger partial charge in [0, 0.05) is 45.1 Å². The molecule has 4 aromatic carbocycles. The lowest BCUT2D eigenvalue weighted by Crippen LogP contribution is -3.00. The molecule has 0 spiro atoms. The molecule has 2 aromatic heterocycles. The van der Waals surface area contributed by atoms with Gasteiger partial charge in [-0.1, -0.05) is 30.3 Å². The zero-order valence-electron chi connectivity index (χ0n) is 19.0. The van der Waals surface area contributed by atoms with Gasteiger partial charge in [-0.2, -0.15) is 4.57 Å². The number of nitrogens with two attached hydrogens (primary N) is 2. The Morgan fingerprint density at radius 1 is 0.647 bits per heavy atom. The summed E-state index contributed by atoms with van der Waals surface area (Å²) in [6.07, 6.45) is 0. The van der Waals surface area contributed by atoms with Crippen molar-refractivity contribution < 1.29 is 17.0 Å². The molecule has 0 radical (unpaired) electrons. The van der Waals surface area contributed by atoms with Crippen molar-refractivity contribution in [1.82, 2.24) is 4.98 Å². The van der Waals surface area contributed by atoms with Gasteiger partial charge in [0.1, 0.15) is 7.05 Å². The van der Waals surface area contributed by atoms with Gasteiger partial charge in [0.05, 0.1) is 11.0 Å². The van der Waals surface area contributed by atoms with E-state index < -0.39 is 0 Å². The third-order valence-electron chi connectivity index (χ3n) is 5.92. The summed E-state index contributed by atoms with van der Waals surface area (Å²) in [4.78, 5) is 4.64. The van der Waals surface area contributed by atoms with E-state index in [9.17, 15) is 0 Å². The van der Waals surface area contributed by atoms with Crippen LogP contribution in [0.15, 0.2) is 91.0 Å². The molecule has 0 fully saturated rings. The van der Waals surface area contributed by atoms with E-state index in [1.165, 1.54) is 27.1 Å². The molecule has 34 heavy (non-hydrogen) atoms. The van der Waals surface area contributed by atoms with Gasteiger partial charge in [0.2, 0.25) is 11.0 Å². The first kappa shape index (κ1) is 25.0. The molecule has 0 aliphatic rings. The zero-order chi connectivity index (χ0) is 22.2. The van der Waals surface area contributed by atoms with Crippen molar-refractivity contribution >= 4 is 67.4 Å². The molecule has 4 nitrogen and oxygen atoms in total. The summed E-state index contributed by atoms with van der Waals surface area (Å²) >= 11 is 0. The lowest BCUT2D eigenvalue weighted by Gasteiger charge is -2.03. The minimum Gasteiger partial charge on any atom is -1.00 e. The lowest BCUT2D eigenvalue weighted by atomic mass is 10.1. The maximum Gasteiger partial charge on any atom is 0.214 e. The Hall–Kier alpha value is -3.60. The van der Waals surface area contributed by atoms with E-state index in [0.29, 0.717) is 0 Å². The summed E-state index contributed by atoms with van der Waals surface area (Å²) in [5.41, 5.74) is 18.9. The number of benzene rings is 4. The average molecular weight is 489 g/mol. The summed E-state index contributed by atoms with van der Waals surface area (Å²) in [5, 5.41) is 4.81. The van der Waals surface area contributed by atoms with E-state index in [1.807, 2.05) is 55.6 Å². The predicted octanol–water partition coefficient (Wildman–Crippen LogP) is 3.10. The standard InChI is InChI=1S/C14H13N3.C14H11N.2ClH/c1-17-13-7-11(15)4-2-9(13)6-10-3-5-12(16)8-14(10)17;1-10-5-4-8-14-12(10)9-11-6-2-3-7-13(11)15-14;;/h2-8H,1H3,(H3,15,16);2-9H,1H3;2*1H. The molecule has 172 valence electrons. The number of anilines is 2. The molecular weight excluding hydrogens is 463 g/mol. The second-order valence-corrected chi connectivity index (χ2v) is 8.16. The van der Waals surface area contributed by atoms with Crippen LogP contribution >= 0.6 is 12.4 Å². The highest BCUT2D eigenvalue weighted by molar-refractivity contribution is 5.94. The molecule has 0 saturated heterocycles. The highest BCUT2D eigenvalue weighted by Gasteiger charge is 2.11. The third kappa shape index (κ3) is 4.69. The van der Waals surface area contributed by atoms with Crippen molar-refractivity contribution in [3.63, 3.8) is 0 Å². The van der Waals surface area contributed by atoms with Gasteiger partial charge in [-0.3, -0.25) is 0 Å². The van der Waals surface area contributed by atoms with Gasteiger partial charge < -0.3 is 23.9 Å². The average Bonchev–Trinajstić information content (AvgIpc) is 2.80. The molecule has 4 N–H and O–H groups in total.